The number of amides is 4. The lowest BCUT2D eigenvalue weighted by molar-refractivity contribution is -0.127. The lowest BCUT2D eigenvalue weighted by Crippen LogP contribution is -2.49. The molecule has 8 nitrogen and oxygen atoms in total. The van der Waals surface area contributed by atoms with E-state index >= 15 is 0 Å². The van der Waals surface area contributed by atoms with Crippen LogP contribution in [0.4, 0.5) is 21.9 Å². The highest BCUT2D eigenvalue weighted by atomic mass is 32.1. The number of rotatable bonds is 4. The Bertz CT molecular complexity index is 1520. The van der Waals surface area contributed by atoms with Crippen molar-refractivity contribution < 1.29 is 14.4 Å². The molecule has 5 heterocycles. The summed E-state index contributed by atoms with van der Waals surface area (Å²) in [5.41, 5.74) is 1.93. The van der Waals surface area contributed by atoms with E-state index in [4.69, 9.17) is 0 Å². The maximum Gasteiger partial charge on any atom is 0.331 e. The van der Waals surface area contributed by atoms with Crippen LogP contribution in [0.25, 0.3) is 20.3 Å². The standard InChI is InChI=1S/C25H21N5O3S2/c1-2-19(31)29-10-3-4-15(13-29)27-23(32)22-21-20-17(7-9-26-24(20)35-22)30(25(33)28-21)16-5-6-18-14(12-16)8-11-34-18/h2,5-9,11-12,15H,1,3-4,10,13H2,(H,27,32)(H,28,33). The quantitative estimate of drug-likeness (QED) is 0.379. The number of carbonyl (C=O) groups is 3. The number of urea groups is 1. The second kappa shape index (κ2) is 8.47. The van der Waals surface area contributed by atoms with Crippen LogP contribution in [0.1, 0.15) is 22.5 Å². The topological polar surface area (TPSA) is 94.6 Å². The third-order valence-corrected chi connectivity index (χ3v) is 8.38. The number of fused-ring (bicyclic) bond motifs is 1. The van der Waals surface area contributed by atoms with Gasteiger partial charge in [-0.2, -0.15) is 0 Å². The van der Waals surface area contributed by atoms with E-state index in [0.29, 0.717) is 34.2 Å². The zero-order valence-electron chi connectivity index (χ0n) is 18.6. The van der Waals surface area contributed by atoms with E-state index in [9.17, 15) is 14.4 Å². The number of nitrogens with zero attached hydrogens (tertiary/aromatic N) is 3. The highest BCUT2D eigenvalue weighted by Gasteiger charge is 2.33. The van der Waals surface area contributed by atoms with Crippen LogP contribution < -0.4 is 15.5 Å². The van der Waals surface area contributed by atoms with Gasteiger partial charge in [-0.05, 0) is 60.0 Å². The summed E-state index contributed by atoms with van der Waals surface area (Å²) < 4.78 is 1.15. The minimum Gasteiger partial charge on any atom is -0.347 e. The monoisotopic (exact) mass is 503 g/mol. The number of aromatic nitrogens is 1. The number of thiophene rings is 2. The van der Waals surface area contributed by atoms with Crippen molar-refractivity contribution in [1.82, 2.24) is 15.2 Å². The van der Waals surface area contributed by atoms with Crippen LogP contribution >= 0.6 is 22.7 Å². The molecule has 4 aromatic rings. The van der Waals surface area contributed by atoms with E-state index < -0.39 is 0 Å². The van der Waals surface area contributed by atoms with Gasteiger partial charge in [0.05, 0.1) is 22.4 Å². The largest absolute Gasteiger partial charge is 0.347 e. The first-order chi connectivity index (χ1) is 17.0. The van der Waals surface area contributed by atoms with Crippen molar-refractivity contribution in [2.75, 3.05) is 23.3 Å². The molecule has 176 valence electrons. The Morgan fingerprint density at radius 3 is 3.00 bits per heavy atom. The normalized spacial score (nSPS) is 17.5. The van der Waals surface area contributed by atoms with Gasteiger partial charge in [0.2, 0.25) is 5.91 Å². The van der Waals surface area contributed by atoms with Gasteiger partial charge in [0.1, 0.15) is 9.71 Å². The highest BCUT2D eigenvalue weighted by molar-refractivity contribution is 7.21. The number of carbonyl (C=O) groups excluding carboxylic acids is 3. The molecule has 2 aliphatic heterocycles. The molecule has 6 rings (SSSR count). The first kappa shape index (κ1) is 21.8. The fourth-order valence-electron chi connectivity index (χ4n) is 4.77. The fourth-order valence-corrected chi connectivity index (χ4v) is 6.56. The second-order valence-electron chi connectivity index (χ2n) is 8.53. The summed E-state index contributed by atoms with van der Waals surface area (Å²) in [5.74, 6) is -0.414. The Morgan fingerprint density at radius 2 is 2.14 bits per heavy atom. The smallest absolute Gasteiger partial charge is 0.331 e. The van der Waals surface area contributed by atoms with Gasteiger partial charge in [0.15, 0.2) is 0 Å². The van der Waals surface area contributed by atoms with Gasteiger partial charge in [0, 0.05) is 30.0 Å². The molecule has 2 aliphatic rings. The van der Waals surface area contributed by atoms with Crippen molar-refractivity contribution in [3.05, 3.63) is 59.4 Å². The lowest BCUT2D eigenvalue weighted by atomic mass is 10.1. The van der Waals surface area contributed by atoms with Crippen LogP contribution in [0, 0.1) is 0 Å². The molecule has 0 radical (unpaired) electrons. The van der Waals surface area contributed by atoms with Crippen LogP contribution in [0.15, 0.2) is 54.6 Å². The highest BCUT2D eigenvalue weighted by Crippen LogP contribution is 2.46. The maximum absolute atomic E-state index is 13.3. The molecule has 0 saturated carbocycles. The van der Waals surface area contributed by atoms with Gasteiger partial charge in [-0.25, -0.2) is 9.78 Å². The Kier molecular flexibility index (Phi) is 5.27. The first-order valence-corrected chi connectivity index (χ1v) is 12.9. The summed E-state index contributed by atoms with van der Waals surface area (Å²) in [4.78, 5) is 47.5. The number of piperidine rings is 1. The van der Waals surface area contributed by atoms with Crippen LogP contribution in [-0.4, -0.2) is 46.9 Å². The molecule has 1 unspecified atom stereocenters. The van der Waals surface area contributed by atoms with Crippen LogP contribution in [-0.2, 0) is 4.79 Å². The molecular weight excluding hydrogens is 482 g/mol. The van der Waals surface area contributed by atoms with E-state index in [2.05, 4.69) is 22.2 Å². The number of hydrogen-bond acceptors (Lipinski definition) is 6. The fraction of sp³-hybridized carbons (Fsp3) is 0.200. The zero-order chi connectivity index (χ0) is 24.1. The van der Waals surface area contributed by atoms with Crippen LogP contribution in [0.2, 0.25) is 0 Å². The Labute approximate surface area is 208 Å². The summed E-state index contributed by atoms with van der Waals surface area (Å²) in [6.07, 6.45) is 4.54. The molecule has 0 bridgehead atoms. The average Bonchev–Trinajstić information content (AvgIpc) is 3.49. The molecule has 4 amide bonds. The Balaban J connectivity index is 1.34. The first-order valence-electron chi connectivity index (χ1n) is 11.3. The van der Waals surface area contributed by atoms with Gasteiger partial charge in [-0.3, -0.25) is 14.5 Å². The second-order valence-corrected chi connectivity index (χ2v) is 10.5. The van der Waals surface area contributed by atoms with E-state index in [1.54, 1.807) is 33.4 Å². The predicted octanol–water partition coefficient (Wildman–Crippen LogP) is 5.10. The minimum atomic E-state index is -0.326. The van der Waals surface area contributed by atoms with Crippen molar-refractivity contribution in [2.24, 2.45) is 0 Å². The van der Waals surface area contributed by atoms with Gasteiger partial charge >= 0.3 is 6.03 Å². The summed E-state index contributed by atoms with van der Waals surface area (Å²) >= 11 is 2.91. The SMILES string of the molecule is C=CC(=O)N1CCCC(NC(=O)c2sc3nccc4c3c2NC(=O)N4c2ccc3sccc3c2)C1. The average molecular weight is 504 g/mol. The van der Waals surface area contributed by atoms with Crippen molar-refractivity contribution >= 4 is 77.9 Å². The molecule has 1 fully saturated rings. The van der Waals surface area contributed by atoms with E-state index in [0.717, 1.165) is 34.0 Å². The van der Waals surface area contributed by atoms with Gasteiger partial charge in [0.25, 0.3) is 5.91 Å². The third kappa shape index (κ3) is 3.65. The molecule has 1 saturated heterocycles. The van der Waals surface area contributed by atoms with Crippen molar-refractivity contribution in [3.63, 3.8) is 0 Å². The summed E-state index contributed by atoms with van der Waals surface area (Å²) in [7, 11) is 0. The number of anilines is 3. The van der Waals surface area contributed by atoms with Gasteiger partial charge in [-0.1, -0.05) is 6.58 Å². The van der Waals surface area contributed by atoms with Gasteiger partial charge < -0.3 is 15.5 Å². The molecule has 1 atom stereocenters. The number of hydrogen-bond donors (Lipinski definition) is 2. The Hall–Kier alpha value is -3.76. The molecule has 3 aromatic heterocycles. The Morgan fingerprint density at radius 1 is 1.26 bits per heavy atom. The predicted molar refractivity (Wildman–Crippen MR) is 140 cm³/mol. The van der Waals surface area contributed by atoms with E-state index in [-0.39, 0.29) is 23.9 Å². The lowest BCUT2D eigenvalue weighted by Gasteiger charge is -2.32. The number of likely N-dealkylation sites (tertiary alicyclic amines) is 1. The molecule has 2 N–H and O–H groups in total. The van der Waals surface area contributed by atoms with E-state index in [1.807, 2.05) is 29.6 Å². The van der Waals surface area contributed by atoms with Crippen molar-refractivity contribution in [3.8, 4) is 0 Å². The summed E-state index contributed by atoms with van der Waals surface area (Å²) in [5, 5.41) is 9.83. The molecule has 10 heteroatoms. The third-order valence-electron chi connectivity index (χ3n) is 6.39. The van der Waals surface area contributed by atoms with E-state index in [1.165, 1.54) is 17.4 Å². The number of benzene rings is 1. The molecule has 0 aliphatic carbocycles. The summed E-state index contributed by atoms with van der Waals surface area (Å²) in [6.45, 7) is 4.64. The number of nitrogens with one attached hydrogen (secondary N) is 2. The zero-order valence-corrected chi connectivity index (χ0v) is 20.2. The maximum atomic E-state index is 13.3. The van der Waals surface area contributed by atoms with Crippen molar-refractivity contribution in [1.29, 1.82) is 0 Å². The minimum absolute atomic E-state index is 0.136. The molecular formula is C25H21N5O3S2. The number of pyridine rings is 1. The van der Waals surface area contributed by atoms with Crippen LogP contribution in [0.3, 0.4) is 0 Å². The molecule has 1 aromatic carbocycles. The molecule has 0 spiro atoms. The van der Waals surface area contributed by atoms with Crippen LogP contribution in [0.5, 0.6) is 0 Å². The van der Waals surface area contributed by atoms with Crippen molar-refractivity contribution in [2.45, 2.75) is 18.9 Å². The summed E-state index contributed by atoms with van der Waals surface area (Å²) in [6, 6.07) is 9.26. The van der Waals surface area contributed by atoms with Gasteiger partial charge in [-0.15, -0.1) is 22.7 Å². The molecule has 35 heavy (non-hydrogen) atoms.